The van der Waals surface area contributed by atoms with E-state index in [1.165, 1.54) is 0 Å². The van der Waals surface area contributed by atoms with Crippen molar-refractivity contribution in [2.24, 2.45) is 0 Å². The van der Waals surface area contributed by atoms with Crippen LogP contribution in [0.3, 0.4) is 0 Å². The maximum atomic E-state index is 9.23. The van der Waals surface area contributed by atoms with E-state index in [1.54, 1.807) is 12.1 Å². The van der Waals surface area contributed by atoms with Crippen molar-refractivity contribution in [2.75, 3.05) is 0 Å². The molecule has 0 radical (unpaired) electrons. The van der Waals surface area contributed by atoms with Crippen molar-refractivity contribution in [3.8, 4) is 0 Å². The van der Waals surface area contributed by atoms with Crippen molar-refractivity contribution in [1.29, 1.82) is 0 Å². The summed E-state index contributed by atoms with van der Waals surface area (Å²) in [5, 5.41) is 19.4. The van der Waals surface area contributed by atoms with Crippen LogP contribution in [0.1, 0.15) is 18.2 Å². The Bertz CT molecular complexity index is 540. The Labute approximate surface area is 94.2 Å². The molecular weight excluding hydrogens is 203 g/mol. The molecule has 0 amide bonds. The van der Waals surface area contributed by atoms with Crippen LogP contribution in [0.2, 0.25) is 0 Å². The predicted molar refractivity (Wildman–Crippen MR) is 65.5 cm³/mol. The zero-order chi connectivity index (χ0) is 11.7. The smallest absolute Gasteiger partial charge is 0.461 e. The highest BCUT2D eigenvalue weighted by molar-refractivity contribution is 6.61. The number of hydrogen-bond acceptors (Lipinski definition) is 3. The highest BCUT2D eigenvalue weighted by Crippen LogP contribution is 2.25. The second-order valence-corrected chi connectivity index (χ2v) is 3.67. The van der Waals surface area contributed by atoms with Crippen LogP contribution in [-0.4, -0.2) is 17.2 Å². The van der Waals surface area contributed by atoms with E-state index in [9.17, 15) is 10.0 Å². The number of para-hydroxylation sites is 1. The molecule has 0 fully saturated rings. The molecule has 0 aliphatic heterocycles. The summed E-state index contributed by atoms with van der Waals surface area (Å²) in [5.41, 5.74) is 1.93. The molecule has 0 aliphatic carbocycles. The second kappa shape index (κ2) is 4.16. The van der Waals surface area contributed by atoms with Gasteiger partial charge in [-0.2, -0.15) is 0 Å². The molecule has 2 N–H and O–H groups in total. The molecule has 1 aromatic carbocycles. The van der Waals surface area contributed by atoms with Crippen molar-refractivity contribution in [3.05, 3.63) is 35.6 Å². The first-order valence-corrected chi connectivity index (χ1v) is 5.16. The molecule has 82 valence electrons. The third-order valence-corrected chi connectivity index (χ3v) is 2.58. The lowest BCUT2D eigenvalue weighted by Gasteiger charge is -1.99. The number of rotatable bonds is 2. The molecule has 0 unspecified atom stereocenters. The van der Waals surface area contributed by atoms with Crippen molar-refractivity contribution >= 4 is 29.6 Å². The Morgan fingerprint density at radius 2 is 2.06 bits per heavy atom. The summed E-state index contributed by atoms with van der Waals surface area (Å²) in [5.74, 6) is 0.779. The fraction of sp³-hybridized carbons (Fsp3) is 0.167. The quantitative estimate of drug-likeness (QED) is 0.747. The summed E-state index contributed by atoms with van der Waals surface area (Å²) in [6.07, 6.45) is 3.88. The SMILES string of the molecule is C/C=C\c1c(C)oc2c(B(O)O)cccc12. The summed E-state index contributed by atoms with van der Waals surface area (Å²) in [6.45, 7) is 3.80. The molecule has 16 heavy (non-hydrogen) atoms. The van der Waals surface area contributed by atoms with E-state index in [4.69, 9.17) is 4.42 Å². The summed E-state index contributed by atoms with van der Waals surface area (Å²) in [4.78, 5) is 0. The predicted octanol–water partition coefficient (Wildman–Crippen LogP) is 1.45. The third kappa shape index (κ3) is 1.66. The van der Waals surface area contributed by atoms with Gasteiger partial charge >= 0.3 is 7.12 Å². The van der Waals surface area contributed by atoms with Crippen LogP contribution in [0.15, 0.2) is 28.7 Å². The molecule has 0 bridgehead atoms. The van der Waals surface area contributed by atoms with Gasteiger partial charge in [0.05, 0.1) is 0 Å². The molecular formula is C12H13BO3. The first-order valence-electron chi connectivity index (χ1n) is 5.16. The minimum absolute atomic E-state index is 0.399. The van der Waals surface area contributed by atoms with Crippen LogP contribution in [-0.2, 0) is 0 Å². The number of aryl methyl sites for hydroxylation is 1. The highest BCUT2D eigenvalue weighted by atomic mass is 16.4. The van der Waals surface area contributed by atoms with E-state index < -0.39 is 7.12 Å². The maximum absolute atomic E-state index is 9.23. The molecule has 0 aliphatic rings. The minimum atomic E-state index is -1.51. The van der Waals surface area contributed by atoms with Gasteiger partial charge in [0, 0.05) is 16.4 Å². The van der Waals surface area contributed by atoms with Gasteiger partial charge in [0.25, 0.3) is 0 Å². The van der Waals surface area contributed by atoms with Gasteiger partial charge in [-0.1, -0.05) is 30.4 Å². The van der Waals surface area contributed by atoms with Crippen molar-refractivity contribution < 1.29 is 14.5 Å². The lowest BCUT2D eigenvalue weighted by molar-refractivity contribution is 0.425. The molecule has 0 saturated heterocycles. The second-order valence-electron chi connectivity index (χ2n) is 3.67. The summed E-state index contributed by atoms with van der Waals surface area (Å²) < 4.78 is 5.57. The van der Waals surface area contributed by atoms with Crippen LogP contribution in [0, 0.1) is 6.92 Å². The Kier molecular flexibility index (Phi) is 2.85. The molecule has 3 nitrogen and oxygen atoms in total. The number of benzene rings is 1. The Morgan fingerprint density at radius 3 is 2.69 bits per heavy atom. The van der Waals surface area contributed by atoms with E-state index in [2.05, 4.69) is 0 Å². The van der Waals surface area contributed by atoms with Crippen LogP contribution >= 0.6 is 0 Å². The van der Waals surface area contributed by atoms with Gasteiger partial charge in [0.2, 0.25) is 0 Å². The third-order valence-electron chi connectivity index (χ3n) is 2.58. The molecule has 0 atom stereocenters. The van der Waals surface area contributed by atoms with E-state index in [0.717, 1.165) is 16.7 Å². The Hall–Kier alpha value is -1.52. The van der Waals surface area contributed by atoms with E-state index in [0.29, 0.717) is 11.0 Å². The number of furan rings is 1. The first-order chi connectivity index (χ1) is 7.65. The van der Waals surface area contributed by atoms with Crippen LogP contribution in [0.25, 0.3) is 17.0 Å². The molecule has 0 saturated carbocycles. The van der Waals surface area contributed by atoms with Gasteiger partial charge in [-0.3, -0.25) is 0 Å². The largest absolute Gasteiger partial charge is 0.492 e. The van der Waals surface area contributed by atoms with Crippen LogP contribution < -0.4 is 5.46 Å². The molecule has 4 heteroatoms. The Balaban J connectivity index is 2.77. The number of allylic oxidation sites excluding steroid dienone is 1. The molecule has 2 rings (SSSR count). The van der Waals surface area contributed by atoms with E-state index >= 15 is 0 Å². The molecule has 0 spiro atoms. The van der Waals surface area contributed by atoms with Crippen LogP contribution in [0.4, 0.5) is 0 Å². The first kappa shape index (κ1) is 11.0. The van der Waals surface area contributed by atoms with Crippen molar-refractivity contribution in [2.45, 2.75) is 13.8 Å². The van der Waals surface area contributed by atoms with Gasteiger partial charge in [-0.15, -0.1) is 0 Å². The van der Waals surface area contributed by atoms with Crippen molar-refractivity contribution in [3.63, 3.8) is 0 Å². The van der Waals surface area contributed by atoms with Gasteiger partial charge in [-0.25, -0.2) is 0 Å². The molecule has 2 aromatic rings. The van der Waals surface area contributed by atoms with Crippen LogP contribution in [0.5, 0.6) is 0 Å². The topological polar surface area (TPSA) is 53.6 Å². The fourth-order valence-corrected chi connectivity index (χ4v) is 1.86. The van der Waals surface area contributed by atoms with Gasteiger partial charge in [0.15, 0.2) is 0 Å². The summed E-state index contributed by atoms with van der Waals surface area (Å²) >= 11 is 0. The van der Waals surface area contributed by atoms with E-state index in [1.807, 2.05) is 32.1 Å². The van der Waals surface area contributed by atoms with Gasteiger partial charge < -0.3 is 14.5 Å². The zero-order valence-corrected chi connectivity index (χ0v) is 9.27. The summed E-state index contributed by atoms with van der Waals surface area (Å²) in [6, 6.07) is 5.35. The Morgan fingerprint density at radius 1 is 1.31 bits per heavy atom. The lowest BCUT2D eigenvalue weighted by Crippen LogP contribution is -2.29. The van der Waals surface area contributed by atoms with Crippen molar-refractivity contribution in [1.82, 2.24) is 0 Å². The average molecular weight is 216 g/mol. The monoisotopic (exact) mass is 216 g/mol. The molecule has 1 heterocycles. The zero-order valence-electron chi connectivity index (χ0n) is 9.27. The lowest BCUT2D eigenvalue weighted by atomic mass is 9.79. The minimum Gasteiger partial charge on any atom is -0.461 e. The number of fused-ring (bicyclic) bond motifs is 1. The standard InChI is InChI=1S/C12H13BO3/c1-3-5-9-8(2)16-12-10(9)6-4-7-11(12)13(14)15/h3-7,14-15H,1-2H3/b5-3-. The van der Waals surface area contributed by atoms with Gasteiger partial charge in [0.1, 0.15) is 11.3 Å². The fourth-order valence-electron chi connectivity index (χ4n) is 1.86. The normalized spacial score (nSPS) is 11.5. The maximum Gasteiger partial charge on any atom is 0.492 e. The van der Waals surface area contributed by atoms with Gasteiger partial charge in [-0.05, 0) is 13.8 Å². The summed E-state index contributed by atoms with van der Waals surface area (Å²) in [7, 11) is -1.51. The number of hydrogen-bond donors (Lipinski definition) is 2. The average Bonchev–Trinajstić information content (AvgIpc) is 2.56. The molecule has 1 aromatic heterocycles. The highest BCUT2D eigenvalue weighted by Gasteiger charge is 2.19. The van der Waals surface area contributed by atoms with E-state index in [-0.39, 0.29) is 0 Å².